The summed E-state index contributed by atoms with van der Waals surface area (Å²) in [6, 6.07) is 17.8. The predicted molar refractivity (Wildman–Crippen MR) is 118 cm³/mol. The molecule has 2 aromatic carbocycles. The number of nitrogens with one attached hydrogen (secondary N) is 2. The van der Waals surface area contributed by atoms with Gasteiger partial charge in [-0.3, -0.25) is 4.79 Å². The third-order valence-corrected chi connectivity index (χ3v) is 5.63. The molecule has 0 aliphatic rings. The molecule has 0 fully saturated rings. The van der Waals surface area contributed by atoms with Gasteiger partial charge in [-0.25, -0.2) is 9.97 Å². The maximum Gasteiger partial charge on any atom is 0.226 e. The lowest BCUT2D eigenvalue weighted by Crippen LogP contribution is -2.31. The van der Waals surface area contributed by atoms with Gasteiger partial charge in [0.15, 0.2) is 0 Å². The molecule has 4 rings (SSSR count). The van der Waals surface area contributed by atoms with E-state index in [4.69, 9.17) is 0 Å². The number of aromatic nitrogens is 3. The average Bonchev–Trinajstić information content (AvgIpc) is 3.34. The van der Waals surface area contributed by atoms with Gasteiger partial charge in [-0.05, 0) is 24.5 Å². The van der Waals surface area contributed by atoms with Crippen LogP contribution in [0.4, 0.5) is 0 Å². The second kappa shape index (κ2) is 8.57. The fourth-order valence-corrected chi connectivity index (χ4v) is 4.19. The molecule has 6 heteroatoms. The third kappa shape index (κ3) is 4.71. The number of fused-ring (bicyclic) bond motifs is 1. The van der Waals surface area contributed by atoms with Gasteiger partial charge in [0.2, 0.25) is 5.91 Å². The first-order chi connectivity index (χ1) is 14.1. The van der Waals surface area contributed by atoms with Crippen molar-refractivity contribution in [2.45, 2.75) is 32.7 Å². The Balaban J connectivity index is 1.47. The average molecular weight is 405 g/mol. The molecule has 1 unspecified atom stereocenters. The Morgan fingerprint density at radius 2 is 1.83 bits per heavy atom. The van der Waals surface area contributed by atoms with Crippen LogP contribution in [0.3, 0.4) is 0 Å². The first kappa shape index (κ1) is 19.3. The van der Waals surface area contributed by atoms with Crippen molar-refractivity contribution in [3.8, 4) is 10.6 Å². The Bertz CT molecular complexity index is 1070. The summed E-state index contributed by atoms with van der Waals surface area (Å²) < 4.78 is 0. The molecule has 2 N–H and O–H groups in total. The highest BCUT2D eigenvalue weighted by Gasteiger charge is 2.20. The van der Waals surface area contributed by atoms with Crippen LogP contribution in [0.1, 0.15) is 37.8 Å². The summed E-state index contributed by atoms with van der Waals surface area (Å²) in [7, 11) is 0. The maximum atomic E-state index is 12.8. The van der Waals surface area contributed by atoms with Crippen molar-refractivity contribution < 1.29 is 4.79 Å². The molecule has 0 radical (unpaired) electrons. The van der Waals surface area contributed by atoms with Crippen LogP contribution in [0.25, 0.3) is 21.6 Å². The number of hydrogen-bond donors (Lipinski definition) is 2. The molecular weight excluding hydrogens is 380 g/mol. The summed E-state index contributed by atoms with van der Waals surface area (Å²) in [6.45, 7) is 4.29. The Kier molecular flexibility index (Phi) is 5.71. The number of carbonyl (C=O) groups is 1. The zero-order valence-electron chi connectivity index (χ0n) is 16.6. The van der Waals surface area contributed by atoms with E-state index < -0.39 is 0 Å². The summed E-state index contributed by atoms with van der Waals surface area (Å²) in [4.78, 5) is 25.4. The number of aromatic amines is 1. The van der Waals surface area contributed by atoms with Crippen molar-refractivity contribution in [2.24, 2.45) is 5.92 Å². The minimum atomic E-state index is -0.151. The van der Waals surface area contributed by atoms with Crippen LogP contribution in [-0.4, -0.2) is 20.9 Å². The molecular formula is C23H24N4OS. The molecule has 4 aromatic rings. The van der Waals surface area contributed by atoms with E-state index in [1.165, 1.54) is 0 Å². The molecule has 0 bridgehead atoms. The molecule has 0 aliphatic heterocycles. The number of para-hydroxylation sites is 2. The lowest BCUT2D eigenvalue weighted by atomic mass is 10.0. The molecule has 29 heavy (non-hydrogen) atoms. The van der Waals surface area contributed by atoms with E-state index in [1.807, 2.05) is 60.0 Å². The normalized spacial score (nSPS) is 12.4. The van der Waals surface area contributed by atoms with Crippen molar-refractivity contribution in [1.29, 1.82) is 0 Å². The highest BCUT2D eigenvalue weighted by Crippen LogP contribution is 2.25. The van der Waals surface area contributed by atoms with Gasteiger partial charge in [-0.2, -0.15) is 0 Å². The Morgan fingerprint density at radius 1 is 1.07 bits per heavy atom. The number of hydrogen-bond acceptors (Lipinski definition) is 4. The summed E-state index contributed by atoms with van der Waals surface area (Å²) >= 11 is 1.56. The van der Waals surface area contributed by atoms with Crippen LogP contribution in [-0.2, 0) is 11.2 Å². The highest BCUT2D eigenvalue weighted by atomic mass is 32.1. The van der Waals surface area contributed by atoms with Crippen molar-refractivity contribution in [1.82, 2.24) is 20.3 Å². The van der Waals surface area contributed by atoms with Crippen molar-refractivity contribution in [2.75, 3.05) is 0 Å². The fraction of sp³-hybridized carbons (Fsp3) is 0.261. The summed E-state index contributed by atoms with van der Waals surface area (Å²) in [5.74, 6) is 1.19. The van der Waals surface area contributed by atoms with E-state index in [0.29, 0.717) is 5.92 Å². The van der Waals surface area contributed by atoms with E-state index >= 15 is 0 Å². The molecule has 2 aromatic heterocycles. The number of imidazole rings is 1. The molecule has 1 amide bonds. The minimum Gasteiger partial charge on any atom is -0.346 e. The van der Waals surface area contributed by atoms with Crippen LogP contribution < -0.4 is 5.32 Å². The lowest BCUT2D eigenvalue weighted by Gasteiger charge is -2.18. The second-order valence-electron chi connectivity index (χ2n) is 7.58. The SMILES string of the molecule is CC(C)CC(NC(=O)Cc1csc(-c2ccccc2)n1)c1nc2ccccc2[nH]1. The number of carbonyl (C=O) groups excluding carboxylic acids is 1. The van der Waals surface area contributed by atoms with Gasteiger partial charge in [0.1, 0.15) is 10.8 Å². The van der Waals surface area contributed by atoms with E-state index in [1.54, 1.807) is 11.3 Å². The molecule has 2 heterocycles. The van der Waals surface area contributed by atoms with Crippen LogP contribution in [0.5, 0.6) is 0 Å². The van der Waals surface area contributed by atoms with E-state index in [0.717, 1.165) is 39.5 Å². The Hall–Kier alpha value is -2.99. The van der Waals surface area contributed by atoms with Crippen molar-refractivity contribution in [3.05, 3.63) is 71.5 Å². The molecule has 148 valence electrons. The fourth-order valence-electron chi connectivity index (χ4n) is 3.36. The summed E-state index contributed by atoms with van der Waals surface area (Å²) in [5.41, 5.74) is 3.76. The van der Waals surface area contributed by atoms with Crippen LogP contribution in [0, 0.1) is 5.92 Å². The maximum absolute atomic E-state index is 12.8. The van der Waals surface area contributed by atoms with E-state index in [-0.39, 0.29) is 18.4 Å². The van der Waals surface area contributed by atoms with Crippen LogP contribution in [0.15, 0.2) is 60.0 Å². The van der Waals surface area contributed by atoms with Gasteiger partial charge in [0.05, 0.1) is 29.2 Å². The summed E-state index contributed by atoms with van der Waals surface area (Å²) in [6.07, 6.45) is 1.08. The smallest absolute Gasteiger partial charge is 0.226 e. The van der Waals surface area contributed by atoms with Gasteiger partial charge >= 0.3 is 0 Å². The number of nitrogens with zero attached hydrogens (tertiary/aromatic N) is 2. The van der Waals surface area contributed by atoms with E-state index in [9.17, 15) is 4.79 Å². The zero-order valence-corrected chi connectivity index (χ0v) is 17.4. The molecule has 1 atom stereocenters. The highest BCUT2D eigenvalue weighted by molar-refractivity contribution is 7.13. The molecule has 5 nitrogen and oxygen atoms in total. The zero-order chi connectivity index (χ0) is 20.2. The molecule has 0 spiro atoms. The van der Waals surface area contributed by atoms with Gasteiger partial charge in [-0.1, -0.05) is 56.3 Å². The molecule has 0 saturated heterocycles. The van der Waals surface area contributed by atoms with E-state index in [2.05, 4.69) is 34.1 Å². The topological polar surface area (TPSA) is 70.7 Å². The number of thiazole rings is 1. The van der Waals surface area contributed by atoms with Crippen LogP contribution in [0.2, 0.25) is 0 Å². The quantitative estimate of drug-likeness (QED) is 0.448. The standard InChI is InChI=1S/C23H24N4OS/c1-15(2)12-20(22-26-18-10-6-7-11-19(18)27-22)25-21(28)13-17-14-29-23(24-17)16-8-4-3-5-9-16/h3-11,14-15,20H,12-13H2,1-2H3,(H,25,28)(H,26,27). The largest absolute Gasteiger partial charge is 0.346 e. The monoisotopic (exact) mass is 404 g/mol. The number of benzene rings is 2. The Labute approximate surface area is 174 Å². The first-order valence-electron chi connectivity index (χ1n) is 9.82. The van der Waals surface area contributed by atoms with Crippen LogP contribution >= 0.6 is 11.3 Å². The molecule has 0 saturated carbocycles. The third-order valence-electron chi connectivity index (χ3n) is 4.69. The predicted octanol–water partition coefficient (Wildman–Crippen LogP) is 5.13. The van der Waals surface area contributed by atoms with Gasteiger partial charge in [0, 0.05) is 10.9 Å². The second-order valence-corrected chi connectivity index (χ2v) is 8.43. The minimum absolute atomic E-state index is 0.0407. The summed E-state index contributed by atoms with van der Waals surface area (Å²) in [5, 5.41) is 6.05. The van der Waals surface area contributed by atoms with Gasteiger partial charge in [0.25, 0.3) is 0 Å². The van der Waals surface area contributed by atoms with Gasteiger partial charge < -0.3 is 10.3 Å². The lowest BCUT2D eigenvalue weighted by molar-refractivity contribution is -0.121. The van der Waals surface area contributed by atoms with Crippen molar-refractivity contribution in [3.63, 3.8) is 0 Å². The Morgan fingerprint density at radius 3 is 2.59 bits per heavy atom. The number of amides is 1. The van der Waals surface area contributed by atoms with Gasteiger partial charge in [-0.15, -0.1) is 11.3 Å². The van der Waals surface area contributed by atoms with Crippen molar-refractivity contribution >= 4 is 28.3 Å². The molecule has 0 aliphatic carbocycles. The number of H-pyrrole nitrogens is 1. The number of rotatable bonds is 7. The first-order valence-corrected chi connectivity index (χ1v) is 10.7.